The fraction of sp³-hybridized carbons (Fsp3) is 0. The molecule has 0 N–H and O–H groups in total. The summed E-state index contributed by atoms with van der Waals surface area (Å²) < 4.78 is 25.9. The van der Waals surface area contributed by atoms with Gasteiger partial charge in [0.05, 0.1) is 0 Å². The summed E-state index contributed by atoms with van der Waals surface area (Å²) >= 11 is 0. The second-order valence-corrected chi connectivity index (χ2v) is 2.49. The first-order chi connectivity index (χ1) is 5.79. The average molecular weight is 163 g/mol. The molecule has 12 heavy (non-hydrogen) atoms. The standard InChI is InChI=1S/C10H5F2/c11-9-5-6-10(12)8-4-2-1-3-7(8)9/h1-3,5-6H. The minimum absolute atomic E-state index is 0.206. The van der Waals surface area contributed by atoms with E-state index in [2.05, 4.69) is 6.07 Å². The fourth-order valence-electron chi connectivity index (χ4n) is 1.15. The van der Waals surface area contributed by atoms with Crippen molar-refractivity contribution in [2.45, 2.75) is 0 Å². The van der Waals surface area contributed by atoms with Gasteiger partial charge in [0.25, 0.3) is 0 Å². The van der Waals surface area contributed by atoms with Gasteiger partial charge in [-0.2, -0.15) is 0 Å². The van der Waals surface area contributed by atoms with Crippen LogP contribution in [-0.2, 0) is 0 Å². The Hall–Kier alpha value is -1.44. The number of rotatable bonds is 0. The van der Waals surface area contributed by atoms with Crippen LogP contribution in [-0.4, -0.2) is 0 Å². The van der Waals surface area contributed by atoms with Gasteiger partial charge in [-0.1, -0.05) is 18.2 Å². The van der Waals surface area contributed by atoms with Crippen LogP contribution in [0, 0.1) is 17.7 Å². The zero-order valence-electron chi connectivity index (χ0n) is 6.14. The van der Waals surface area contributed by atoms with Crippen molar-refractivity contribution >= 4 is 10.8 Å². The first-order valence-corrected chi connectivity index (χ1v) is 3.53. The van der Waals surface area contributed by atoms with E-state index in [4.69, 9.17) is 0 Å². The molecule has 0 aliphatic heterocycles. The van der Waals surface area contributed by atoms with Gasteiger partial charge in [-0.05, 0) is 18.2 Å². The largest absolute Gasteiger partial charge is 0.206 e. The second kappa shape index (κ2) is 2.55. The van der Waals surface area contributed by atoms with Gasteiger partial charge in [-0.25, -0.2) is 8.78 Å². The minimum atomic E-state index is -0.438. The molecule has 0 fully saturated rings. The molecule has 2 aromatic carbocycles. The van der Waals surface area contributed by atoms with Crippen molar-refractivity contribution in [3.63, 3.8) is 0 Å². The third-order valence-corrected chi connectivity index (χ3v) is 1.73. The maximum absolute atomic E-state index is 13.0. The topological polar surface area (TPSA) is 0 Å². The third kappa shape index (κ3) is 0.961. The molecule has 0 aromatic heterocycles. The molecule has 0 heterocycles. The van der Waals surface area contributed by atoms with Crippen LogP contribution in [0.15, 0.2) is 30.3 Å². The van der Waals surface area contributed by atoms with Gasteiger partial charge < -0.3 is 0 Å². The molecule has 0 bridgehead atoms. The molecule has 0 aliphatic rings. The Morgan fingerprint density at radius 2 is 1.75 bits per heavy atom. The van der Waals surface area contributed by atoms with Gasteiger partial charge in [0.15, 0.2) is 0 Å². The van der Waals surface area contributed by atoms with E-state index >= 15 is 0 Å². The lowest BCUT2D eigenvalue weighted by molar-refractivity contribution is 0.617. The smallest absolute Gasteiger partial charge is 0.131 e. The fourth-order valence-corrected chi connectivity index (χ4v) is 1.15. The Balaban J connectivity index is 2.95. The molecule has 0 saturated heterocycles. The van der Waals surface area contributed by atoms with E-state index in [-0.39, 0.29) is 10.8 Å². The van der Waals surface area contributed by atoms with E-state index in [1.165, 1.54) is 6.07 Å². The first-order valence-electron chi connectivity index (χ1n) is 3.53. The molecule has 1 radical (unpaired) electrons. The Bertz CT molecular complexity index is 381. The molecule has 0 amide bonds. The molecule has 0 unspecified atom stereocenters. The van der Waals surface area contributed by atoms with Crippen LogP contribution in [0.3, 0.4) is 0 Å². The zero-order chi connectivity index (χ0) is 8.55. The predicted octanol–water partition coefficient (Wildman–Crippen LogP) is 2.92. The van der Waals surface area contributed by atoms with Crippen molar-refractivity contribution in [1.82, 2.24) is 0 Å². The van der Waals surface area contributed by atoms with Crippen molar-refractivity contribution < 1.29 is 8.78 Å². The van der Waals surface area contributed by atoms with Crippen molar-refractivity contribution in [1.29, 1.82) is 0 Å². The van der Waals surface area contributed by atoms with Crippen molar-refractivity contribution in [2.75, 3.05) is 0 Å². The normalized spacial score (nSPS) is 10.5. The van der Waals surface area contributed by atoms with Gasteiger partial charge in [0.1, 0.15) is 11.6 Å². The highest BCUT2D eigenvalue weighted by molar-refractivity contribution is 5.82. The number of hydrogen-bond donors (Lipinski definition) is 0. The lowest BCUT2D eigenvalue weighted by Gasteiger charge is -1.98. The van der Waals surface area contributed by atoms with Gasteiger partial charge in [-0.15, -0.1) is 0 Å². The van der Waals surface area contributed by atoms with Crippen LogP contribution in [0.5, 0.6) is 0 Å². The summed E-state index contributed by atoms with van der Waals surface area (Å²) in [6.07, 6.45) is 0. The molecule has 2 aromatic rings. The van der Waals surface area contributed by atoms with E-state index in [9.17, 15) is 8.78 Å². The molecule has 0 atom stereocenters. The van der Waals surface area contributed by atoms with Crippen molar-refractivity contribution in [3.8, 4) is 0 Å². The molecule has 2 rings (SSSR count). The number of hydrogen-bond acceptors (Lipinski definition) is 0. The SMILES string of the molecule is Fc1ccc(F)c2ccc[c]c12. The third-order valence-electron chi connectivity index (χ3n) is 1.73. The number of halogens is 2. The van der Waals surface area contributed by atoms with Crippen LogP contribution in [0.4, 0.5) is 8.78 Å². The van der Waals surface area contributed by atoms with Crippen LogP contribution in [0.2, 0.25) is 0 Å². The lowest BCUT2D eigenvalue weighted by atomic mass is 10.1. The van der Waals surface area contributed by atoms with Crippen LogP contribution in [0.1, 0.15) is 0 Å². The molecular weight excluding hydrogens is 158 g/mol. The molecule has 0 nitrogen and oxygen atoms in total. The highest BCUT2D eigenvalue weighted by Gasteiger charge is 2.03. The van der Waals surface area contributed by atoms with E-state index in [0.29, 0.717) is 0 Å². The summed E-state index contributed by atoms with van der Waals surface area (Å²) in [5.41, 5.74) is 0. The number of fused-ring (bicyclic) bond motifs is 1. The Kier molecular flexibility index (Phi) is 1.54. The van der Waals surface area contributed by atoms with E-state index in [0.717, 1.165) is 12.1 Å². The summed E-state index contributed by atoms with van der Waals surface area (Å²) in [6.45, 7) is 0. The summed E-state index contributed by atoms with van der Waals surface area (Å²) in [7, 11) is 0. The van der Waals surface area contributed by atoms with Gasteiger partial charge >= 0.3 is 0 Å². The molecule has 0 saturated carbocycles. The van der Waals surface area contributed by atoms with Gasteiger partial charge in [-0.3, -0.25) is 0 Å². The van der Waals surface area contributed by atoms with Crippen molar-refractivity contribution in [3.05, 3.63) is 48.0 Å². The molecular formula is C10H5F2. The van der Waals surface area contributed by atoms with E-state index < -0.39 is 11.6 Å². The van der Waals surface area contributed by atoms with Gasteiger partial charge in [0, 0.05) is 10.8 Å². The summed E-state index contributed by atoms with van der Waals surface area (Å²) in [6, 6.07) is 9.59. The van der Waals surface area contributed by atoms with Crippen LogP contribution >= 0.6 is 0 Å². The molecule has 0 spiro atoms. The predicted molar refractivity (Wildman–Crippen MR) is 42.7 cm³/mol. The molecule has 59 valence electrons. The number of benzene rings is 2. The molecule has 2 heteroatoms. The minimum Gasteiger partial charge on any atom is -0.206 e. The lowest BCUT2D eigenvalue weighted by Crippen LogP contribution is -1.83. The van der Waals surface area contributed by atoms with Gasteiger partial charge in [0.2, 0.25) is 0 Å². The summed E-state index contributed by atoms with van der Waals surface area (Å²) in [5, 5.41) is 0.481. The average Bonchev–Trinajstić information content (AvgIpc) is 2.12. The van der Waals surface area contributed by atoms with E-state index in [1.807, 2.05) is 0 Å². The Morgan fingerprint density at radius 1 is 1.00 bits per heavy atom. The van der Waals surface area contributed by atoms with Crippen LogP contribution < -0.4 is 0 Å². The highest BCUT2D eigenvalue weighted by atomic mass is 19.1. The monoisotopic (exact) mass is 163 g/mol. The van der Waals surface area contributed by atoms with E-state index in [1.54, 1.807) is 12.1 Å². The first kappa shape index (κ1) is 7.22. The maximum Gasteiger partial charge on any atom is 0.131 e. The zero-order valence-corrected chi connectivity index (χ0v) is 6.14. The molecule has 0 aliphatic carbocycles. The maximum atomic E-state index is 13.0. The second-order valence-electron chi connectivity index (χ2n) is 2.49. The summed E-state index contributed by atoms with van der Waals surface area (Å²) in [5.74, 6) is -0.852. The van der Waals surface area contributed by atoms with Crippen molar-refractivity contribution in [2.24, 2.45) is 0 Å². The Labute approximate surface area is 68.4 Å². The Morgan fingerprint density at radius 3 is 2.50 bits per heavy atom. The van der Waals surface area contributed by atoms with Crippen LogP contribution in [0.25, 0.3) is 10.8 Å². The highest BCUT2D eigenvalue weighted by Crippen LogP contribution is 2.19. The quantitative estimate of drug-likeness (QED) is 0.560. The summed E-state index contributed by atoms with van der Waals surface area (Å²) in [4.78, 5) is 0.